The van der Waals surface area contributed by atoms with Crippen molar-refractivity contribution in [3.63, 3.8) is 0 Å². The number of hydrogen-bond acceptors (Lipinski definition) is 6. The molecule has 0 aliphatic rings. The summed E-state index contributed by atoms with van der Waals surface area (Å²) in [4.78, 5) is 31.1. The van der Waals surface area contributed by atoms with Crippen LogP contribution in [0, 0.1) is 0 Å². The average Bonchev–Trinajstić information content (AvgIpc) is 2.96. The molecule has 0 amide bonds. The molecule has 9 nitrogen and oxygen atoms in total. The van der Waals surface area contributed by atoms with Crippen molar-refractivity contribution in [3.8, 4) is 0 Å². The fourth-order valence-corrected chi connectivity index (χ4v) is 3.19. The van der Waals surface area contributed by atoms with E-state index in [2.05, 4.69) is 15.0 Å². The standard InChI is InChI=1S/C14H16N5O4P.Na/c15-12-11-13(17-8-16-12)19(9-18-11)6-7-23-14(24(20,21)22)10-4-2-1-3-5-10;/h1-5,8-9,14H,6-7H2,(H2,15,16,17)(H2,20,21,22);. The molecule has 11 heteroatoms. The Kier molecular flexibility index (Phi) is 6.70. The topological polar surface area (TPSA) is 136 Å². The number of hydrogen-bond donors (Lipinski definition) is 3. The summed E-state index contributed by atoms with van der Waals surface area (Å²) >= 11 is 0. The Hall–Kier alpha value is -1.32. The van der Waals surface area contributed by atoms with E-state index in [1.165, 1.54) is 12.7 Å². The van der Waals surface area contributed by atoms with Crippen LogP contribution in [0.25, 0.3) is 11.2 Å². The normalized spacial score (nSPS) is 12.7. The van der Waals surface area contributed by atoms with E-state index in [1.807, 2.05) is 0 Å². The van der Waals surface area contributed by atoms with Crippen LogP contribution in [0.3, 0.4) is 0 Å². The maximum absolute atomic E-state index is 11.7. The molecule has 1 unspecified atom stereocenters. The number of anilines is 1. The summed E-state index contributed by atoms with van der Waals surface area (Å²) in [6, 6.07) is 8.39. The van der Waals surface area contributed by atoms with Gasteiger partial charge in [0.2, 0.25) is 0 Å². The number of nitrogens with two attached hydrogens (primary N) is 1. The zero-order valence-electron chi connectivity index (χ0n) is 13.6. The van der Waals surface area contributed by atoms with Gasteiger partial charge in [-0.05, 0) is 5.56 Å². The Morgan fingerprint density at radius 1 is 1.20 bits per heavy atom. The molecular weight excluding hydrogens is 356 g/mol. The molecule has 1 aromatic carbocycles. The molecule has 0 fully saturated rings. The zero-order valence-corrected chi connectivity index (χ0v) is 16.5. The Labute approximate surface area is 165 Å². The fourth-order valence-electron chi connectivity index (χ4n) is 2.33. The van der Waals surface area contributed by atoms with E-state index in [-0.39, 0.29) is 42.0 Å². The van der Waals surface area contributed by atoms with Crippen LogP contribution in [0.1, 0.15) is 11.4 Å². The number of rotatable bonds is 6. The molecule has 2 aromatic heterocycles. The van der Waals surface area contributed by atoms with Crippen LogP contribution in [0.5, 0.6) is 0 Å². The van der Waals surface area contributed by atoms with Crippen molar-refractivity contribution >= 4 is 54.1 Å². The van der Waals surface area contributed by atoms with E-state index in [0.717, 1.165) is 0 Å². The van der Waals surface area contributed by atoms with E-state index in [0.29, 0.717) is 23.3 Å². The Bertz CT molecular complexity index is 885. The summed E-state index contributed by atoms with van der Waals surface area (Å²) in [6.45, 7) is 0.385. The molecule has 1 radical (unpaired) electrons. The Morgan fingerprint density at radius 2 is 1.92 bits per heavy atom. The van der Waals surface area contributed by atoms with Gasteiger partial charge in [0.1, 0.15) is 11.8 Å². The molecule has 3 aromatic rings. The molecule has 0 aliphatic carbocycles. The average molecular weight is 372 g/mol. The number of ether oxygens (including phenoxy) is 1. The van der Waals surface area contributed by atoms with Gasteiger partial charge in [-0.3, -0.25) is 4.57 Å². The van der Waals surface area contributed by atoms with E-state index < -0.39 is 13.4 Å². The molecule has 0 spiro atoms. The van der Waals surface area contributed by atoms with Crippen molar-refractivity contribution in [2.45, 2.75) is 12.4 Å². The van der Waals surface area contributed by atoms with Gasteiger partial charge in [0, 0.05) is 36.1 Å². The van der Waals surface area contributed by atoms with Crippen LogP contribution in [0.4, 0.5) is 5.82 Å². The largest absolute Gasteiger partial charge is 0.382 e. The molecule has 4 N–H and O–H groups in total. The molecule has 25 heavy (non-hydrogen) atoms. The Balaban J connectivity index is 0.00000225. The van der Waals surface area contributed by atoms with Crippen molar-refractivity contribution in [3.05, 3.63) is 48.5 Å². The zero-order chi connectivity index (χ0) is 17.2. The monoisotopic (exact) mass is 372 g/mol. The van der Waals surface area contributed by atoms with Crippen molar-refractivity contribution in [2.75, 3.05) is 12.3 Å². The predicted octanol–water partition coefficient (Wildman–Crippen LogP) is 0.921. The second-order valence-electron chi connectivity index (χ2n) is 5.09. The van der Waals surface area contributed by atoms with Crippen molar-refractivity contribution in [1.29, 1.82) is 0 Å². The minimum Gasteiger partial charge on any atom is -0.382 e. The first-order valence-corrected chi connectivity index (χ1v) is 8.78. The summed E-state index contributed by atoms with van der Waals surface area (Å²) in [5, 5.41) is 0. The first-order chi connectivity index (χ1) is 11.5. The van der Waals surface area contributed by atoms with Gasteiger partial charge in [-0.1, -0.05) is 30.3 Å². The first kappa shape index (κ1) is 20.0. The quantitative estimate of drug-likeness (QED) is 0.429. The maximum Gasteiger partial charge on any atom is 0.358 e. The maximum atomic E-state index is 11.7. The predicted molar refractivity (Wildman–Crippen MR) is 92.7 cm³/mol. The number of imidazole rings is 1. The second-order valence-corrected chi connectivity index (χ2v) is 6.74. The van der Waals surface area contributed by atoms with Gasteiger partial charge >= 0.3 is 7.60 Å². The third-order valence-corrected chi connectivity index (χ3v) is 4.49. The van der Waals surface area contributed by atoms with Gasteiger partial charge in [0.25, 0.3) is 0 Å². The third-order valence-electron chi connectivity index (χ3n) is 3.43. The molecule has 2 heterocycles. The molecule has 127 valence electrons. The SMILES string of the molecule is Nc1ncnc2c1ncn2CCOC(c1ccccc1)P(=O)(O)O.[Na]. The van der Waals surface area contributed by atoms with Gasteiger partial charge in [0.15, 0.2) is 17.3 Å². The summed E-state index contributed by atoms with van der Waals surface area (Å²) in [5.74, 6) is -1.04. The van der Waals surface area contributed by atoms with Crippen molar-refractivity contribution in [1.82, 2.24) is 19.5 Å². The number of fused-ring (bicyclic) bond motifs is 1. The summed E-state index contributed by atoms with van der Waals surface area (Å²) in [6.07, 6.45) is 2.87. The second kappa shape index (κ2) is 8.37. The molecule has 0 aliphatic heterocycles. The van der Waals surface area contributed by atoms with Crippen LogP contribution in [-0.2, 0) is 15.8 Å². The van der Waals surface area contributed by atoms with Crippen molar-refractivity contribution in [2.24, 2.45) is 0 Å². The number of nitrogen functional groups attached to an aromatic ring is 1. The number of benzene rings is 1. The van der Waals surface area contributed by atoms with Crippen LogP contribution in [-0.4, -0.2) is 65.5 Å². The molecule has 0 saturated carbocycles. The van der Waals surface area contributed by atoms with Gasteiger partial charge < -0.3 is 24.8 Å². The van der Waals surface area contributed by atoms with E-state index in [1.54, 1.807) is 34.9 Å². The number of aromatic nitrogens is 4. The molecule has 0 saturated heterocycles. The van der Waals surface area contributed by atoms with E-state index >= 15 is 0 Å². The fraction of sp³-hybridized carbons (Fsp3) is 0.214. The van der Waals surface area contributed by atoms with Crippen LogP contribution in [0.15, 0.2) is 43.0 Å². The first-order valence-electron chi connectivity index (χ1n) is 7.10. The summed E-state index contributed by atoms with van der Waals surface area (Å²) in [7, 11) is -4.45. The van der Waals surface area contributed by atoms with Crippen LogP contribution >= 0.6 is 7.60 Å². The van der Waals surface area contributed by atoms with Gasteiger partial charge in [-0.2, -0.15) is 0 Å². The van der Waals surface area contributed by atoms with Gasteiger partial charge in [-0.25, -0.2) is 15.0 Å². The minimum atomic E-state index is -4.45. The van der Waals surface area contributed by atoms with Gasteiger partial charge in [0.05, 0.1) is 12.9 Å². The van der Waals surface area contributed by atoms with Crippen LogP contribution < -0.4 is 5.73 Å². The molecule has 1 atom stereocenters. The van der Waals surface area contributed by atoms with Crippen LogP contribution in [0.2, 0.25) is 0 Å². The smallest absolute Gasteiger partial charge is 0.358 e. The molecular formula is C14H16N5NaO4P. The third kappa shape index (κ3) is 4.65. The Morgan fingerprint density at radius 3 is 2.60 bits per heavy atom. The summed E-state index contributed by atoms with van der Waals surface area (Å²) in [5.41, 5.74) is 7.16. The summed E-state index contributed by atoms with van der Waals surface area (Å²) < 4.78 is 18.8. The number of nitrogens with zero attached hydrogens (tertiary/aromatic N) is 4. The minimum absolute atomic E-state index is 0. The van der Waals surface area contributed by atoms with E-state index in [4.69, 9.17) is 10.5 Å². The molecule has 3 rings (SSSR count). The van der Waals surface area contributed by atoms with Crippen molar-refractivity contribution < 1.29 is 19.1 Å². The molecule has 0 bridgehead atoms. The van der Waals surface area contributed by atoms with Gasteiger partial charge in [-0.15, -0.1) is 0 Å². The van der Waals surface area contributed by atoms with E-state index in [9.17, 15) is 14.4 Å².